The predicted octanol–water partition coefficient (Wildman–Crippen LogP) is 2.55. The molecule has 1 atom stereocenters. The predicted molar refractivity (Wildman–Crippen MR) is 77.6 cm³/mol. The number of amides is 1. The van der Waals surface area contributed by atoms with Crippen molar-refractivity contribution in [1.29, 1.82) is 0 Å². The summed E-state index contributed by atoms with van der Waals surface area (Å²) in [5.74, 6) is 0.705. The lowest BCUT2D eigenvalue weighted by Crippen LogP contribution is -2.45. The number of rotatable bonds is 6. The molecule has 0 aliphatic carbocycles. The van der Waals surface area contributed by atoms with Gasteiger partial charge in [-0.15, -0.1) is 0 Å². The highest BCUT2D eigenvalue weighted by molar-refractivity contribution is 5.78. The maximum Gasteiger partial charge on any atom is 0.307 e. The Hall–Kier alpha value is -1.78. The first-order valence-electron chi connectivity index (χ1n) is 7.68. The second-order valence-electron chi connectivity index (χ2n) is 5.33. The molecule has 0 spiro atoms. The Labute approximate surface area is 125 Å². The van der Waals surface area contributed by atoms with Gasteiger partial charge in [0.25, 0.3) is 0 Å². The van der Waals surface area contributed by atoms with Crippen LogP contribution in [0.1, 0.15) is 44.8 Å². The third-order valence-electron chi connectivity index (χ3n) is 3.82. The summed E-state index contributed by atoms with van der Waals surface area (Å²) in [6.45, 7) is 2.92. The van der Waals surface area contributed by atoms with Crippen LogP contribution < -0.4 is 0 Å². The highest BCUT2D eigenvalue weighted by Gasteiger charge is 2.28. The summed E-state index contributed by atoms with van der Waals surface area (Å²) in [4.78, 5) is 25.9. The summed E-state index contributed by atoms with van der Waals surface area (Å²) in [6.07, 6.45) is 5.90. The zero-order chi connectivity index (χ0) is 15.1. The van der Waals surface area contributed by atoms with Crippen LogP contribution >= 0.6 is 0 Å². The van der Waals surface area contributed by atoms with Crippen LogP contribution in [-0.4, -0.2) is 36.0 Å². The maximum atomic E-state index is 12.4. The van der Waals surface area contributed by atoms with Gasteiger partial charge in [0.15, 0.2) is 0 Å². The van der Waals surface area contributed by atoms with E-state index in [2.05, 4.69) is 0 Å². The van der Waals surface area contributed by atoms with Crippen molar-refractivity contribution in [2.24, 2.45) is 0 Å². The van der Waals surface area contributed by atoms with Crippen molar-refractivity contribution in [3.63, 3.8) is 0 Å². The van der Waals surface area contributed by atoms with E-state index in [1.807, 2.05) is 17.0 Å². The SMILES string of the molecule is CCOC(=O)C[C@H]1CCCCN1C(=O)CCc1ccco1. The molecule has 0 unspecified atom stereocenters. The molecule has 5 nitrogen and oxygen atoms in total. The molecule has 1 aromatic heterocycles. The monoisotopic (exact) mass is 293 g/mol. The molecule has 1 fully saturated rings. The quantitative estimate of drug-likeness (QED) is 0.756. The Morgan fingerprint density at radius 1 is 1.43 bits per heavy atom. The molecule has 21 heavy (non-hydrogen) atoms. The minimum absolute atomic E-state index is 0.0121. The fourth-order valence-corrected chi connectivity index (χ4v) is 2.78. The summed E-state index contributed by atoms with van der Waals surface area (Å²) in [7, 11) is 0. The first kappa shape index (κ1) is 15.6. The van der Waals surface area contributed by atoms with Crippen LogP contribution in [0.3, 0.4) is 0 Å². The normalized spacial score (nSPS) is 18.5. The molecule has 0 radical (unpaired) electrons. The van der Waals surface area contributed by atoms with E-state index in [9.17, 15) is 9.59 Å². The zero-order valence-corrected chi connectivity index (χ0v) is 12.5. The molecular formula is C16H23NO4. The van der Waals surface area contributed by atoms with E-state index in [4.69, 9.17) is 9.15 Å². The van der Waals surface area contributed by atoms with E-state index in [0.717, 1.165) is 31.6 Å². The molecule has 1 aliphatic heterocycles. The van der Waals surface area contributed by atoms with Gasteiger partial charge in [-0.05, 0) is 38.3 Å². The van der Waals surface area contributed by atoms with Crippen molar-refractivity contribution in [3.8, 4) is 0 Å². The largest absolute Gasteiger partial charge is 0.469 e. The molecule has 2 heterocycles. The Morgan fingerprint density at radius 2 is 2.29 bits per heavy atom. The van der Waals surface area contributed by atoms with Gasteiger partial charge in [-0.1, -0.05) is 0 Å². The summed E-state index contributed by atoms with van der Waals surface area (Å²) < 4.78 is 10.2. The van der Waals surface area contributed by atoms with Gasteiger partial charge < -0.3 is 14.1 Å². The van der Waals surface area contributed by atoms with Crippen molar-refractivity contribution in [1.82, 2.24) is 4.90 Å². The van der Waals surface area contributed by atoms with E-state index >= 15 is 0 Å². The Bertz CT molecular complexity index is 455. The maximum absolute atomic E-state index is 12.4. The van der Waals surface area contributed by atoms with Crippen LogP contribution in [0.25, 0.3) is 0 Å². The van der Waals surface area contributed by atoms with Crippen molar-refractivity contribution >= 4 is 11.9 Å². The number of piperidine rings is 1. The van der Waals surface area contributed by atoms with Gasteiger partial charge in [0, 0.05) is 25.4 Å². The van der Waals surface area contributed by atoms with Crippen molar-refractivity contribution in [2.75, 3.05) is 13.2 Å². The molecule has 1 saturated heterocycles. The third kappa shape index (κ3) is 4.62. The number of esters is 1. The van der Waals surface area contributed by atoms with Gasteiger partial charge in [-0.3, -0.25) is 9.59 Å². The van der Waals surface area contributed by atoms with E-state index in [1.165, 1.54) is 0 Å². The summed E-state index contributed by atoms with van der Waals surface area (Å²) in [5, 5.41) is 0. The number of furan rings is 1. The lowest BCUT2D eigenvalue weighted by molar-refractivity contribution is -0.146. The lowest BCUT2D eigenvalue weighted by Gasteiger charge is -2.35. The van der Waals surface area contributed by atoms with Crippen LogP contribution in [0.4, 0.5) is 0 Å². The highest BCUT2D eigenvalue weighted by atomic mass is 16.5. The molecule has 0 bridgehead atoms. The molecule has 0 aromatic carbocycles. The Kier molecular flexibility index (Phi) is 5.84. The summed E-state index contributed by atoms with van der Waals surface area (Å²) in [6, 6.07) is 3.69. The topological polar surface area (TPSA) is 59.8 Å². The number of hydrogen-bond acceptors (Lipinski definition) is 4. The molecule has 1 amide bonds. The lowest BCUT2D eigenvalue weighted by atomic mass is 9.98. The van der Waals surface area contributed by atoms with Crippen molar-refractivity contribution < 1.29 is 18.7 Å². The fourth-order valence-electron chi connectivity index (χ4n) is 2.78. The molecule has 0 saturated carbocycles. The first-order chi connectivity index (χ1) is 10.2. The second-order valence-corrected chi connectivity index (χ2v) is 5.33. The van der Waals surface area contributed by atoms with Gasteiger partial charge in [-0.25, -0.2) is 0 Å². The number of nitrogens with zero attached hydrogens (tertiary/aromatic N) is 1. The van der Waals surface area contributed by atoms with Crippen LogP contribution in [0.2, 0.25) is 0 Å². The molecule has 1 aliphatic rings. The molecule has 0 N–H and O–H groups in total. The van der Waals surface area contributed by atoms with E-state index in [0.29, 0.717) is 25.9 Å². The van der Waals surface area contributed by atoms with Gasteiger partial charge >= 0.3 is 5.97 Å². The first-order valence-corrected chi connectivity index (χ1v) is 7.68. The zero-order valence-electron chi connectivity index (χ0n) is 12.5. The van der Waals surface area contributed by atoms with E-state index in [-0.39, 0.29) is 17.9 Å². The second kappa shape index (κ2) is 7.86. The van der Waals surface area contributed by atoms with Gasteiger partial charge in [-0.2, -0.15) is 0 Å². The van der Waals surface area contributed by atoms with E-state index in [1.54, 1.807) is 13.2 Å². The smallest absolute Gasteiger partial charge is 0.307 e. The van der Waals surface area contributed by atoms with Crippen LogP contribution in [0, 0.1) is 0 Å². The van der Waals surface area contributed by atoms with Gasteiger partial charge in [0.2, 0.25) is 5.91 Å². The molecular weight excluding hydrogens is 270 g/mol. The summed E-state index contributed by atoms with van der Waals surface area (Å²) in [5.41, 5.74) is 0. The number of likely N-dealkylation sites (tertiary alicyclic amines) is 1. The highest BCUT2D eigenvalue weighted by Crippen LogP contribution is 2.21. The van der Waals surface area contributed by atoms with Crippen LogP contribution in [0.15, 0.2) is 22.8 Å². The number of aryl methyl sites for hydroxylation is 1. The average Bonchev–Trinajstić information content (AvgIpc) is 2.99. The molecule has 116 valence electrons. The van der Waals surface area contributed by atoms with Crippen molar-refractivity contribution in [2.45, 2.75) is 51.5 Å². The minimum atomic E-state index is -0.215. The van der Waals surface area contributed by atoms with Crippen LogP contribution in [-0.2, 0) is 20.7 Å². The van der Waals surface area contributed by atoms with Gasteiger partial charge in [0.05, 0.1) is 19.3 Å². The standard InChI is InChI=1S/C16H23NO4/c1-2-20-16(19)12-13-6-3-4-10-17(13)15(18)9-8-14-7-5-11-21-14/h5,7,11,13H,2-4,6,8-10,12H2,1H3/t13-/m1/s1. The number of ether oxygens (including phenoxy) is 1. The molecule has 5 heteroatoms. The average molecular weight is 293 g/mol. The van der Waals surface area contributed by atoms with Crippen molar-refractivity contribution in [3.05, 3.63) is 24.2 Å². The van der Waals surface area contributed by atoms with Gasteiger partial charge in [0.1, 0.15) is 5.76 Å². The molecule has 2 rings (SSSR count). The number of carbonyl (C=O) groups excluding carboxylic acids is 2. The minimum Gasteiger partial charge on any atom is -0.469 e. The van der Waals surface area contributed by atoms with E-state index < -0.39 is 0 Å². The summed E-state index contributed by atoms with van der Waals surface area (Å²) >= 11 is 0. The number of carbonyl (C=O) groups is 2. The molecule has 1 aromatic rings. The third-order valence-corrected chi connectivity index (χ3v) is 3.82. The number of hydrogen-bond donors (Lipinski definition) is 0. The Morgan fingerprint density at radius 3 is 3.00 bits per heavy atom. The van der Waals surface area contributed by atoms with Crippen LogP contribution in [0.5, 0.6) is 0 Å². The Balaban J connectivity index is 1.87. The fraction of sp³-hybridized carbons (Fsp3) is 0.625.